The number of hydrogen-bond donors (Lipinski definition) is 1. The van der Waals surface area contributed by atoms with Crippen LogP contribution < -0.4 is 10.5 Å². The van der Waals surface area contributed by atoms with Gasteiger partial charge in [0.1, 0.15) is 12.4 Å². The summed E-state index contributed by atoms with van der Waals surface area (Å²) < 4.78 is 28.9. The third-order valence-corrected chi connectivity index (χ3v) is 2.02. The fraction of sp³-hybridized carbons (Fsp3) is 0.455. The molecule has 2 nitrogen and oxygen atoms in total. The molecule has 84 valence electrons. The quantitative estimate of drug-likeness (QED) is 0.838. The third-order valence-electron chi connectivity index (χ3n) is 2.02. The van der Waals surface area contributed by atoms with Gasteiger partial charge in [0.2, 0.25) is 0 Å². The lowest BCUT2D eigenvalue weighted by Crippen LogP contribution is -2.12. The summed E-state index contributed by atoms with van der Waals surface area (Å²) in [5.41, 5.74) is 7.52. The first-order chi connectivity index (χ1) is 7.00. The van der Waals surface area contributed by atoms with Crippen LogP contribution in [-0.2, 0) is 0 Å². The van der Waals surface area contributed by atoms with Crippen LogP contribution in [0.15, 0.2) is 18.2 Å². The summed E-state index contributed by atoms with van der Waals surface area (Å²) in [6.45, 7) is 3.12. The van der Waals surface area contributed by atoms with Gasteiger partial charge in [-0.25, -0.2) is 8.78 Å². The van der Waals surface area contributed by atoms with Crippen molar-refractivity contribution in [2.45, 2.75) is 26.3 Å². The van der Waals surface area contributed by atoms with Crippen LogP contribution in [-0.4, -0.2) is 13.0 Å². The first kappa shape index (κ1) is 11.9. The zero-order chi connectivity index (χ0) is 11.4. The van der Waals surface area contributed by atoms with Crippen molar-refractivity contribution in [3.8, 4) is 5.75 Å². The summed E-state index contributed by atoms with van der Waals surface area (Å²) in [7, 11) is 0. The average molecular weight is 215 g/mol. The second-order valence-corrected chi connectivity index (χ2v) is 3.53. The fourth-order valence-electron chi connectivity index (χ4n) is 1.31. The maximum Gasteiger partial charge on any atom is 0.272 e. The van der Waals surface area contributed by atoms with E-state index < -0.39 is 13.0 Å². The molecule has 1 aromatic rings. The van der Waals surface area contributed by atoms with Crippen LogP contribution >= 0.6 is 0 Å². The van der Waals surface area contributed by atoms with Crippen molar-refractivity contribution in [2.75, 3.05) is 6.61 Å². The molecule has 0 aliphatic rings. The Bertz CT molecular complexity index is 326. The van der Waals surface area contributed by atoms with E-state index in [1.165, 1.54) is 0 Å². The lowest BCUT2D eigenvalue weighted by Gasteiger charge is -2.14. The fourth-order valence-corrected chi connectivity index (χ4v) is 1.31. The molecule has 0 saturated carbocycles. The Morgan fingerprint density at radius 3 is 2.60 bits per heavy atom. The van der Waals surface area contributed by atoms with Gasteiger partial charge in [-0.05, 0) is 19.9 Å². The number of aryl methyl sites for hydroxylation is 1. The van der Waals surface area contributed by atoms with E-state index in [1.54, 1.807) is 13.0 Å². The number of alkyl halides is 2. The molecule has 1 unspecified atom stereocenters. The van der Waals surface area contributed by atoms with E-state index in [-0.39, 0.29) is 6.04 Å². The largest absolute Gasteiger partial charge is 0.487 e. The number of halogens is 2. The van der Waals surface area contributed by atoms with Gasteiger partial charge < -0.3 is 10.5 Å². The Morgan fingerprint density at radius 2 is 2.07 bits per heavy atom. The lowest BCUT2D eigenvalue weighted by atomic mass is 10.1. The molecule has 2 N–H and O–H groups in total. The number of rotatable bonds is 4. The molecule has 0 aliphatic heterocycles. The van der Waals surface area contributed by atoms with E-state index in [0.29, 0.717) is 5.75 Å². The molecular weight excluding hydrogens is 200 g/mol. The van der Waals surface area contributed by atoms with Crippen LogP contribution in [0.25, 0.3) is 0 Å². The van der Waals surface area contributed by atoms with Crippen LogP contribution in [0, 0.1) is 6.92 Å². The van der Waals surface area contributed by atoms with Gasteiger partial charge in [0, 0.05) is 11.6 Å². The normalized spacial score (nSPS) is 12.9. The summed E-state index contributed by atoms with van der Waals surface area (Å²) >= 11 is 0. The Labute approximate surface area is 88.0 Å². The minimum atomic E-state index is -2.47. The van der Waals surface area contributed by atoms with E-state index in [9.17, 15) is 8.78 Å². The minimum Gasteiger partial charge on any atom is -0.487 e. The van der Waals surface area contributed by atoms with Crippen molar-refractivity contribution >= 4 is 0 Å². The molecule has 15 heavy (non-hydrogen) atoms. The monoisotopic (exact) mass is 215 g/mol. The molecule has 0 saturated heterocycles. The number of nitrogens with two attached hydrogens (primary N) is 1. The van der Waals surface area contributed by atoms with Gasteiger partial charge in [-0.15, -0.1) is 0 Å². The van der Waals surface area contributed by atoms with Crippen molar-refractivity contribution in [1.29, 1.82) is 0 Å². The molecule has 0 aliphatic carbocycles. The first-order valence-electron chi connectivity index (χ1n) is 4.77. The van der Waals surface area contributed by atoms with Gasteiger partial charge in [0.25, 0.3) is 6.43 Å². The summed E-state index contributed by atoms with van der Waals surface area (Å²) in [6, 6.07) is 5.12. The molecule has 1 rings (SSSR count). The first-order valence-corrected chi connectivity index (χ1v) is 4.77. The average Bonchev–Trinajstić information content (AvgIpc) is 2.15. The third kappa shape index (κ3) is 3.47. The highest BCUT2D eigenvalue weighted by molar-refractivity contribution is 5.38. The van der Waals surface area contributed by atoms with Gasteiger partial charge in [0.05, 0.1) is 0 Å². The van der Waals surface area contributed by atoms with Crippen LogP contribution in [0.4, 0.5) is 8.78 Å². The van der Waals surface area contributed by atoms with Crippen LogP contribution in [0.5, 0.6) is 5.75 Å². The van der Waals surface area contributed by atoms with E-state index in [0.717, 1.165) is 11.1 Å². The predicted molar refractivity (Wildman–Crippen MR) is 55.3 cm³/mol. The molecule has 0 radical (unpaired) electrons. The van der Waals surface area contributed by atoms with Gasteiger partial charge >= 0.3 is 0 Å². The molecule has 4 heteroatoms. The van der Waals surface area contributed by atoms with E-state index in [1.807, 2.05) is 19.1 Å². The Balaban J connectivity index is 2.86. The zero-order valence-electron chi connectivity index (χ0n) is 8.84. The van der Waals surface area contributed by atoms with Gasteiger partial charge in [0.15, 0.2) is 0 Å². The Morgan fingerprint density at radius 1 is 1.40 bits per heavy atom. The number of benzene rings is 1. The van der Waals surface area contributed by atoms with Gasteiger partial charge in [-0.3, -0.25) is 0 Å². The zero-order valence-corrected chi connectivity index (χ0v) is 8.84. The summed E-state index contributed by atoms with van der Waals surface area (Å²) in [4.78, 5) is 0. The highest BCUT2D eigenvalue weighted by Crippen LogP contribution is 2.25. The standard InChI is InChI=1S/C11H15F2NO/c1-7-3-4-10(15-6-11(12)13)9(5-7)8(2)14/h3-5,8,11H,6,14H2,1-2H3. The Kier molecular flexibility index (Phi) is 4.03. The molecule has 0 bridgehead atoms. The molecule has 0 fully saturated rings. The molecule has 1 atom stereocenters. The van der Waals surface area contributed by atoms with Crippen LogP contribution in [0.2, 0.25) is 0 Å². The molecule has 1 aromatic carbocycles. The maximum absolute atomic E-state index is 12.0. The summed E-state index contributed by atoms with van der Waals surface area (Å²) in [5.74, 6) is 0.441. The molecule has 0 heterocycles. The second-order valence-electron chi connectivity index (χ2n) is 3.53. The summed E-state index contributed by atoms with van der Waals surface area (Å²) in [6.07, 6.45) is -2.47. The van der Waals surface area contributed by atoms with E-state index in [4.69, 9.17) is 10.5 Å². The Hall–Kier alpha value is -1.16. The molecule has 0 amide bonds. The molecular formula is C11H15F2NO. The molecule has 0 spiro atoms. The van der Waals surface area contributed by atoms with Crippen molar-refractivity contribution in [1.82, 2.24) is 0 Å². The van der Waals surface area contributed by atoms with Crippen molar-refractivity contribution < 1.29 is 13.5 Å². The van der Waals surface area contributed by atoms with Crippen LogP contribution in [0.1, 0.15) is 24.1 Å². The van der Waals surface area contributed by atoms with E-state index in [2.05, 4.69) is 0 Å². The highest BCUT2D eigenvalue weighted by atomic mass is 19.3. The highest BCUT2D eigenvalue weighted by Gasteiger charge is 2.10. The number of hydrogen-bond acceptors (Lipinski definition) is 2. The maximum atomic E-state index is 12.0. The van der Waals surface area contributed by atoms with Gasteiger partial charge in [-0.2, -0.15) is 0 Å². The van der Waals surface area contributed by atoms with Crippen LogP contribution in [0.3, 0.4) is 0 Å². The number of ether oxygens (including phenoxy) is 1. The lowest BCUT2D eigenvalue weighted by molar-refractivity contribution is 0.0812. The topological polar surface area (TPSA) is 35.2 Å². The van der Waals surface area contributed by atoms with E-state index >= 15 is 0 Å². The SMILES string of the molecule is Cc1ccc(OCC(F)F)c(C(C)N)c1. The smallest absolute Gasteiger partial charge is 0.272 e. The molecule has 0 aromatic heterocycles. The minimum absolute atomic E-state index is 0.224. The van der Waals surface area contributed by atoms with Crippen molar-refractivity contribution in [2.24, 2.45) is 5.73 Å². The van der Waals surface area contributed by atoms with Gasteiger partial charge in [-0.1, -0.05) is 17.7 Å². The van der Waals surface area contributed by atoms with Crippen molar-refractivity contribution in [3.63, 3.8) is 0 Å². The predicted octanol–water partition coefficient (Wildman–Crippen LogP) is 2.66. The second kappa shape index (κ2) is 5.07. The summed E-state index contributed by atoms with van der Waals surface area (Å²) in [5, 5.41) is 0. The van der Waals surface area contributed by atoms with Crippen molar-refractivity contribution in [3.05, 3.63) is 29.3 Å².